The quantitative estimate of drug-likeness (QED) is 0.808. The van der Waals surface area contributed by atoms with Gasteiger partial charge in [-0.25, -0.2) is 4.68 Å². The average molecular weight is 367 g/mol. The van der Waals surface area contributed by atoms with E-state index in [0.717, 1.165) is 0 Å². The average Bonchev–Trinajstić information content (AvgIpc) is 3.32. The van der Waals surface area contributed by atoms with Gasteiger partial charge in [-0.05, 0) is 37.3 Å². The number of hydrogen-bond donors (Lipinski definition) is 2. The molecule has 1 amide bonds. The fourth-order valence-corrected chi connectivity index (χ4v) is 4.44. The highest BCUT2D eigenvalue weighted by atomic mass is 16.4. The summed E-state index contributed by atoms with van der Waals surface area (Å²) in [5.41, 5.74) is 1.17. The van der Waals surface area contributed by atoms with Crippen LogP contribution >= 0.6 is 0 Å². The van der Waals surface area contributed by atoms with Gasteiger partial charge in [0, 0.05) is 7.05 Å². The summed E-state index contributed by atoms with van der Waals surface area (Å²) in [5, 5.41) is 12.3. The number of carboxylic acids is 1. The molecule has 1 fully saturated rings. The predicted octanol–water partition coefficient (Wildman–Crippen LogP) is 1.95. The molecule has 140 valence electrons. The van der Waals surface area contributed by atoms with Crippen LogP contribution in [0.3, 0.4) is 0 Å². The molecule has 0 saturated heterocycles. The van der Waals surface area contributed by atoms with Crippen molar-refractivity contribution in [3.05, 3.63) is 58.5 Å². The Morgan fingerprint density at radius 1 is 1.11 bits per heavy atom. The zero-order valence-electron chi connectivity index (χ0n) is 15.1. The highest BCUT2D eigenvalue weighted by Crippen LogP contribution is 2.48. The second-order valence-corrected chi connectivity index (χ2v) is 7.26. The number of allylic oxidation sites excluding steroid dienone is 2. The molecular formula is C20H21N3O4. The molecule has 1 aromatic heterocycles. The Balaban J connectivity index is 1.68. The van der Waals surface area contributed by atoms with Crippen molar-refractivity contribution in [3.8, 4) is 5.69 Å². The number of anilines is 1. The van der Waals surface area contributed by atoms with Gasteiger partial charge in [-0.2, -0.15) is 0 Å². The number of fused-ring (bicyclic) bond motifs is 2. The molecule has 0 spiro atoms. The monoisotopic (exact) mass is 367 g/mol. The van der Waals surface area contributed by atoms with Crippen LogP contribution in [0.5, 0.6) is 0 Å². The molecule has 2 unspecified atom stereocenters. The third-order valence-corrected chi connectivity index (χ3v) is 5.85. The van der Waals surface area contributed by atoms with E-state index in [2.05, 4.69) is 5.32 Å². The maximum Gasteiger partial charge on any atom is 0.307 e. The topological polar surface area (TPSA) is 93.3 Å². The van der Waals surface area contributed by atoms with Gasteiger partial charge in [0.2, 0.25) is 5.91 Å². The third-order valence-electron chi connectivity index (χ3n) is 5.85. The first-order valence-electron chi connectivity index (χ1n) is 8.96. The van der Waals surface area contributed by atoms with E-state index in [4.69, 9.17) is 0 Å². The number of aliphatic carboxylic acids is 1. The Labute approximate surface area is 155 Å². The van der Waals surface area contributed by atoms with Gasteiger partial charge >= 0.3 is 5.97 Å². The number of benzene rings is 1. The molecule has 2 N–H and O–H groups in total. The molecule has 2 aliphatic rings. The molecule has 2 aliphatic carbocycles. The van der Waals surface area contributed by atoms with E-state index in [1.54, 1.807) is 18.7 Å². The fraction of sp³-hybridized carbons (Fsp3) is 0.350. The molecule has 1 heterocycles. The highest BCUT2D eigenvalue weighted by molar-refractivity contribution is 5.96. The first-order valence-corrected chi connectivity index (χ1v) is 8.96. The van der Waals surface area contributed by atoms with Crippen LogP contribution in [0.4, 0.5) is 5.69 Å². The summed E-state index contributed by atoms with van der Waals surface area (Å²) in [4.78, 5) is 37.5. The number of hydrogen-bond acceptors (Lipinski definition) is 3. The van der Waals surface area contributed by atoms with Crippen molar-refractivity contribution >= 4 is 17.6 Å². The second-order valence-electron chi connectivity index (χ2n) is 7.26. The Hall–Kier alpha value is -3.09. The molecule has 1 aromatic carbocycles. The Bertz CT molecular complexity index is 1000. The van der Waals surface area contributed by atoms with Gasteiger partial charge in [0.05, 0.1) is 23.2 Å². The fourth-order valence-electron chi connectivity index (χ4n) is 4.44. The molecule has 7 heteroatoms. The Kier molecular flexibility index (Phi) is 4.02. The number of nitrogens with zero attached hydrogens (tertiary/aromatic N) is 2. The van der Waals surface area contributed by atoms with Crippen molar-refractivity contribution in [3.63, 3.8) is 0 Å². The van der Waals surface area contributed by atoms with Crippen LogP contribution in [0.15, 0.2) is 47.3 Å². The minimum Gasteiger partial charge on any atom is -0.481 e. The molecular weight excluding hydrogens is 346 g/mol. The summed E-state index contributed by atoms with van der Waals surface area (Å²) < 4.78 is 3.17. The first-order chi connectivity index (χ1) is 12.9. The molecule has 1 saturated carbocycles. The number of carbonyl (C=O) groups is 2. The van der Waals surface area contributed by atoms with E-state index < -0.39 is 23.7 Å². The van der Waals surface area contributed by atoms with Crippen LogP contribution in [0.25, 0.3) is 5.69 Å². The van der Waals surface area contributed by atoms with Crippen LogP contribution in [0.1, 0.15) is 12.1 Å². The van der Waals surface area contributed by atoms with Gasteiger partial charge in [-0.15, -0.1) is 0 Å². The lowest BCUT2D eigenvalue weighted by Crippen LogP contribution is -2.37. The number of amides is 1. The van der Waals surface area contributed by atoms with Crippen molar-refractivity contribution < 1.29 is 14.7 Å². The van der Waals surface area contributed by atoms with Gasteiger partial charge in [0.25, 0.3) is 5.56 Å². The van der Waals surface area contributed by atoms with Crippen LogP contribution in [-0.4, -0.2) is 26.3 Å². The number of aromatic nitrogens is 2. The van der Waals surface area contributed by atoms with Crippen molar-refractivity contribution in [1.82, 2.24) is 9.36 Å². The van der Waals surface area contributed by atoms with E-state index in [9.17, 15) is 19.5 Å². The van der Waals surface area contributed by atoms with Gasteiger partial charge in [-0.3, -0.25) is 19.1 Å². The summed E-state index contributed by atoms with van der Waals surface area (Å²) in [6.45, 7) is 1.76. The number of rotatable bonds is 4. The van der Waals surface area contributed by atoms with Crippen LogP contribution in [-0.2, 0) is 16.6 Å². The molecule has 2 bridgehead atoms. The summed E-state index contributed by atoms with van der Waals surface area (Å²) in [7, 11) is 1.75. The number of para-hydroxylation sites is 1. The second kappa shape index (κ2) is 6.26. The van der Waals surface area contributed by atoms with Crippen molar-refractivity contribution in [2.24, 2.45) is 30.7 Å². The van der Waals surface area contributed by atoms with Gasteiger partial charge in [-0.1, -0.05) is 30.4 Å². The van der Waals surface area contributed by atoms with E-state index in [1.807, 2.05) is 42.5 Å². The summed E-state index contributed by atoms with van der Waals surface area (Å²) in [6, 6.07) is 9.16. The largest absolute Gasteiger partial charge is 0.481 e. The molecule has 4 atom stereocenters. The molecule has 27 heavy (non-hydrogen) atoms. The molecule has 0 radical (unpaired) electrons. The standard InChI is InChI=1S/C20H21N3O4/c1-11-17(19(25)23(22(11)2)14-6-4-3-5-7-14)21-18(24)15-12-8-9-13(10-12)16(15)20(26)27/h3-9,12-13,15-16H,10H2,1-2H3,(H,21,24)(H,26,27)/t12?,13?,15-,16+/m1/s1. The normalized spacial score (nSPS) is 25.7. The SMILES string of the molecule is Cc1c(NC(=O)[C@@H]2C3C=CC(C3)[C@@H]2C(=O)O)c(=O)n(-c2ccccc2)n1C. The Morgan fingerprint density at radius 3 is 2.37 bits per heavy atom. The van der Waals surface area contributed by atoms with Crippen molar-refractivity contribution in [2.75, 3.05) is 5.32 Å². The van der Waals surface area contributed by atoms with E-state index in [1.165, 1.54) is 4.68 Å². The summed E-state index contributed by atoms with van der Waals surface area (Å²) in [5.74, 6) is -2.94. The molecule has 4 rings (SSSR count). The van der Waals surface area contributed by atoms with Crippen LogP contribution in [0, 0.1) is 30.6 Å². The van der Waals surface area contributed by atoms with E-state index in [0.29, 0.717) is 17.8 Å². The maximum absolute atomic E-state index is 12.9. The van der Waals surface area contributed by atoms with Crippen LogP contribution in [0.2, 0.25) is 0 Å². The lowest BCUT2D eigenvalue weighted by atomic mass is 9.82. The van der Waals surface area contributed by atoms with Gasteiger partial charge < -0.3 is 10.4 Å². The zero-order valence-corrected chi connectivity index (χ0v) is 15.1. The number of carboxylic acid groups (broad SMARTS) is 1. The van der Waals surface area contributed by atoms with Gasteiger partial charge in [0.15, 0.2) is 0 Å². The van der Waals surface area contributed by atoms with Crippen molar-refractivity contribution in [1.29, 1.82) is 0 Å². The van der Waals surface area contributed by atoms with Crippen molar-refractivity contribution in [2.45, 2.75) is 13.3 Å². The maximum atomic E-state index is 12.9. The predicted molar refractivity (Wildman–Crippen MR) is 99.7 cm³/mol. The minimum absolute atomic E-state index is 0.0866. The van der Waals surface area contributed by atoms with E-state index in [-0.39, 0.29) is 23.1 Å². The molecule has 7 nitrogen and oxygen atoms in total. The zero-order chi connectivity index (χ0) is 19.3. The number of carbonyl (C=O) groups excluding carboxylic acids is 1. The lowest BCUT2D eigenvalue weighted by molar-refractivity contribution is -0.146. The Morgan fingerprint density at radius 2 is 1.74 bits per heavy atom. The van der Waals surface area contributed by atoms with Gasteiger partial charge in [0.1, 0.15) is 5.69 Å². The van der Waals surface area contributed by atoms with E-state index >= 15 is 0 Å². The molecule has 2 aromatic rings. The smallest absolute Gasteiger partial charge is 0.307 e. The molecule has 0 aliphatic heterocycles. The lowest BCUT2D eigenvalue weighted by Gasteiger charge is -2.23. The summed E-state index contributed by atoms with van der Waals surface area (Å²) in [6.07, 6.45) is 4.49. The third kappa shape index (κ3) is 2.61. The summed E-state index contributed by atoms with van der Waals surface area (Å²) >= 11 is 0. The first kappa shape index (κ1) is 17.3. The minimum atomic E-state index is -0.960. The van der Waals surface area contributed by atoms with Crippen LogP contribution < -0.4 is 10.9 Å². The highest BCUT2D eigenvalue weighted by Gasteiger charge is 2.51. The number of nitrogens with one attached hydrogen (secondary N) is 1.